The highest BCUT2D eigenvalue weighted by Crippen LogP contribution is 2.70. The van der Waals surface area contributed by atoms with Crippen LogP contribution in [0.15, 0.2) is 24.3 Å². The Labute approximate surface area is 110 Å². The molecule has 3 aliphatic carbocycles. The quantitative estimate of drug-likeness (QED) is 0.864. The smallest absolute Gasteiger partial charge is 0.0114 e. The SMILES string of the molecule is Cc1ccccc1CC(N)C1C2C3CCC(C3)C12. The first kappa shape index (κ1) is 11.0. The molecule has 4 rings (SSSR count). The molecule has 18 heavy (non-hydrogen) atoms. The summed E-state index contributed by atoms with van der Waals surface area (Å²) in [5.74, 6) is 4.99. The van der Waals surface area contributed by atoms with E-state index in [9.17, 15) is 0 Å². The van der Waals surface area contributed by atoms with Crippen LogP contribution in [0, 0.1) is 36.5 Å². The first-order chi connectivity index (χ1) is 8.75. The fourth-order valence-corrected chi connectivity index (χ4v) is 5.19. The Bertz CT molecular complexity index is 450. The molecule has 3 fully saturated rings. The van der Waals surface area contributed by atoms with Crippen LogP contribution in [0.4, 0.5) is 0 Å². The summed E-state index contributed by atoms with van der Waals surface area (Å²) in [5, 5.41) is 0. The zero-order valence-corrected chi connectivity index (χ0v) is 11.2. The van der Waals surface area contributed by atoms with Gasteiger partial charge in [-0.2, -0.15) is 0 Å². The molecule has 96 valence electrons. The second kappa shape index (κ2) is 3.84. The lowest BCUT2D eigenvalue weighted by molar-refractivity contribution is 0.409. The average Bonchev–Trinajstić information content (AvgIpc) is 2.82. The third-order valence-corrected chi connectivity index (χ3v) is 6.01. The fraction of sp³-hybridized carbons (Fsp3) is 0.647. The van der Waals surface area contributed by atoms with Gasteiger partial charge in [-0.25, -0.2) is 0 Å². The molecule has 0 radical (unpaired) electrons. The largest absolute Gasteiger partial charge is 0.327 e. The molecule has 3 saturated carbocycles. The molecule has 0 aromatic heterocycles. The van der Waals surface area contributed by atoms with E-state index >= 15 is 0 Å². The highest BCUT2D eigenvalue weighted by molar-refractivity contribution is 5.27. The number of nitrogens with two attached hydrogens (primary N) is 1. The van der Waals surface area contributed by atoms with Crippen molar-refractivity contribution in [1.29, 1.82) is 0 Å². The molecule has 1 aromatic carbocycles. The minimum Gasteiger partial charge on any atom is -0.327 e. The minimum absolute atomic E-state index is 0.407. The van der Waals surface area contributed by atoms with Gasteiger partial charge in [-0.15, -0.1) is 0 Å². The highest BCUT2D eigenvalue weighted by atomic mass is 14.8. The van der Waals surface area contributed by atoms with E-state index in [1.165, 1.54) is 30.4 Å². The van der Waals surface area contributed by atoms with E-state index < -0.39 is 0 Å². The van der Waals surface area contributed by atoms with E-state index in [1.54, 1.807) is 0 Å². The van der Waals surface area contributed by atoms with Gasteiger partial charge in [-0.05, 0) is 73.3 Å². The zero-order chi connectivity index (χ0) is 12.3. The lowest BCUT2D eigenvalue weighted by atomic mass is 9.92. The normalized spacial score (nSPS) is 41.8. The molecule has 0 spiro atoms. The number of fused-ring (bicyclic) bond motifs is 5. The van der Waals surface area contributed by atoms with E-state index in [-0.39, 0.29) is 0 Å². The molecule has 1 heteroatoms. The van der Waals surface area contributed by atoms with Crippen LogP contribution < -0.4 is 5.73 Å². The van der Waals surface area contributed by atoms with Gasteiger partial charge in [0.1, 0.15) is 0 Å². The predicted octanol–water partition coefficient (Wildman–Crippen LogP) is 3.16. The lowest BCUT2D eigenvalue weighted by Crippen LogP contribution is -2.28. The van der Waals surface area contributed by atoms with E-state index in [0.717, 1.165) is 36.0 Å². The van der Waals surface area contributed by atoms with Gasteiger partial charge in [0.25, 0.3) is 0 Å². The Kier molecular flexibility index (Phi) is 2.35. The van der Waals surface area contributed by atoms with Crippen molar-refractivity contribution < 1.29 is 0 Å². The molecule has 1 aromatic rings. The van der Waals surface area contributed by atoms with E-state index in [4.69, 9.17) is 5.73 Å². The van der Waals surface area contributed by atoms with Crippen LogP contribution in [0.5, 0.6) is 0 Å². The number of rotatable bonds is 3. The van der Waals surface area contributed by atoms with Crippen molar-refractivity contribution in [3.63, 3.8) is 0 Å². The first-order valence-electron chi connectivity index (χ1n) is 7.56. The van der Waals surface area contributed by atoms with Gasteiger partial charge in [0.15, 0.2) is 0 Å². The van der Waals surface area contributed by atoms with Gasteiger partial charge >= 0.3 is 0 Å². The Morgan fingerprint density at radius 1 is 1.17 bits per heavy atom. The molecular formula is C17H23N. The molecule has 0 aliphatic heterocycles. The van der Waals surface area contributed by atoms with Gasteiger partial charge in [0.2, 0.25) is 0 Å². The topological polar surface area (TPSA) is 26.0 Å². The van der Waals surface area contributed by atoms with Crippen LogP contribution in [-0.2, 0) is 6.42 Å². The van der Waals surface area contributed by atoms with Crippen molar-refractivity contribution >= 4 is 0 Å². The van der Waals surface area contributed by atoms with Gasteiger partial charge in [0, 0.05) is 6.04 Å². The monoisotopic (exact) mass is 241 g/mol. The molecule has 2 bridgehead atoms. The minimum atomic E-state index is 0.407. The summed E-state index contributed by atoms with van der Waals surface area (Å²) < 4.78 is 0. The molecule has 5 unspecified atom stereocenters. The van der Waals surface area contributed by atoms with Crippen molar-refractivity contribution in [2.45, 2.75) is 38.6 Å². The maximum Gasteiger partial charge on any atom is 0.0114 e. The summed E-state index contributed by atoms with van der Waals surface area (Å²) in [6.07, 6.45) is 5.62. The standard InChI is InChI=1S/C17H23N/c1-10-4-2-3-5-11(10)9-14(18)17-15-12-6-7-13(8-12)16(15)17/h2-5,12-17H,6-9,18H2,1H3. The first-order valence-corrected chi connectivity index (χ1v) is 7.56. The Morgan fingerprint density at radius 3 is 2.50 bits per heavy atom. The molecule has 5 atom stereocenters. The van der Waals surface area contributed by atoms with Gasteiger partial charge in [0.05, 0.1) is 0 Å². The van der Waals surface area contributed by atoms with Crippen molar-refractivity contribution in [2.24, 2.45) is 35.3 Å². The lowest BCUT2D eigenvalue weighted by Gasteiger charge is -2.17. The summed E-state index contributed by atoms with van der Waals surface area (Å²) in [5.41, 5.74) is 9.39. The maximum absolute atomic E-state index is 6.52. The van der Waals surface area contributed by atoms with E-state index in [2.05, 4.69) is 31.2 Å². The molecule has 2 N–H and O–H groups in total. The third kappa shape index (κ3) is 1.50. The highest BCUT2D eigenvalue weighted by Gasteiger charge is 2.65. The Balaban J connectivity index is 1.47. The number of hydrogen-bond donors (Lipinski definition) is 1. The van der Waals surface area contributed by atoms with Crippen molar-refractivity contribution in [2.75, 3.05) is 0 Å². The van der Waals surface area contributed by atoms with E-state index in [1.807, 2.05) is 0 Å². The van der Waals surface area contributed by atoms with Crippen LogP contribution in [0.3, 0.4) is 0 Å². The number of benzene rings is 1. The summed E-state index contributed by atoms with van der Waals surface area (Å²) in [6, 6.07) is 9.13. The Morgan fingerprint density at radius 2 is 1.83 bits per heavy atom. The summed E-state index contributed by atoms with van der Waals surface area (Å²) in [7, 11) is 0. The second-order valence-corrected chi connectivity index (χ2v) is 6.86. The number of aryl methyl sites for hydroxylation is 1. The summed E-state index contributed by atoms with van der Waals surface area (Å²) in [6.45, 7) is 2.21. The summed E-state index contributed by atoms with van der Waals surface area (Å²) in [4.78, 5) is 0. The summed E-state index contributed by atoms with van der Waals surface area (Å²) >= 11 is 0. The van der Waals surface area contributed by atoms with Gasteiger partial charge in [-0.1, -0.05) is 24.3 Å². The second-order valence-electron chi connectivity index (χ2n) is 6.86. The molecule has 3 aliphatic rings. The molecule has 0 saturated heterocycles. The molecule has 1 nitrogen and oxygen atoms in total. The van der Waals surface area contributed by atoms with Crippen LogP contribution in [0.2, 0.25) is 0 Å². The van der Waals surface area contributed by atoms with Crippen molar-refractivity contribution in [3.8, 4) is 0 Å². The Hall–Kier alpha value is -0.820. The van der Waals surface area contributed by atoms with E-state index in [0.29, 0.717) is 6.04 Å². The van der Waals surface area contributed by atoms with Crippen LogP contribution >= 0.6 is 0 Å². The van der Waals surface area contributed by atoms with Crippen LogP contribution in [-0.4, -0.2) is 6.04 Å². The van der Waals surface area contributed by atoms with Crippen molar-refractivity contribution in [3.05, 3.63) is 35.4 Å². The molecular weight excluding hydrogens is 218 g/mol. The van der Waals surface area contributed by atoms with Crippen molar-refractivity contribution in [1.82, 2.24) is 0 Å². The third-order valence-electron chi connectivity index (χ3n) is 6.01. The predicted molar refractivity (Wildman–Crippen MR) is 74.2 cm³/mol. The number of hydrogen-bond acceptors (Lipinski definition) is 1. The molecule has 0 amide bonds. The molecule has 0 heterocycles. The van der Waals surface area contributed by atoms with Crippen LogP contribution in [0.25, 0.3) is 0 Å². The van der Waals surface area contributed by atoms with Crippen LogP contribution in [0.1, 0.15) is 30.4 Å². The average molecular weight is 241 g/mol. The fourth-order valence-electron chi connectivity index (χ4n) is 5.19. The zero-order valence-electron chi connectivity index (χ0n) is 11.2. The maximum atomic E-state index is 6.52. The van der Waals surface area contributed by atoms with Gasteiger partial charge < -0.3 is 5.73 Å². The van der Waals surface area contributed by atoms with Gasteiger partial charge in [-0.3, -0.25) is 0 Å².